The number of aromatic amines is 1. The third kappa shape index (κ3) is 4.47. The minimum atomic E-state index is -0.611. The molecular formula is C20H26FN3O3. The number of ether oxygens (including phenoxy) is 1. The van der Waals surface area contributed by atoms with Gasteiger partial charge in [-0.2, -0.15) is 0 Å². The number of esters is 1. The highest BCUT2D eigenvalue weighted by Crippen LogP contribution is 2.29. The maximum Gasteiger partial charge on any atom is 0.356 e. The molecule has 1 aromatic carbocycles. The number of hydrogen-bond acceptors (Lipinski definition) is 4. The fourth-order valence-electron chi connectivity index (χ4n) is 3.99. The minimum absolute atomic E-state index is 0.117. The third-order valence-corrected chi connectivity index (χ3v) is 5.01. The second-order valence-corrected chi connectivity index (χ2v) is 7.56. The first-order valence-corrected chi connectivity index (χ1v) is 9.29. The minimum Gasteiger partial charge on any atom is -0.464 e. The van der Waals surface area contributed by atoms with Gasteiger partial charge in [0.05, 0.1) is 12.8 Å². The average Bonchev–Trinajstić information content (AvgIpc) is 2.96. The third-order valence-electron chi connectivity index (χ3n) is 5.01. The molecular weight excluding hydrogens is 349 g/mol. The number of anilines is 1. The highest BCUT2D eigenvalue weighted by molar-refractivity contribution is 6.10. The largest absolute Gasteiger partial charge is 0.464 e. The van der Waals surface area contributed by atoms with E-state index in [-0.39, 0.29) is 17.3 Å². The van der Waals surface area contributed by atoms with Gasteiger partial charge in [0.15, 0.2) is 0 Å². The van der Waals surface area contributed by atoms with Crippen molar-refractivity contribution in [1.82, 2.24) is 9.88 Å². The summed E-state index contributed by atoms with van der Waals surface area (Å²) in [7, 11) is 1.26. The summed E-state index contributed by atoms with van der Waals surface area (Å²) < 4.78 is 18.4. The monoisotopic (exact) mass is 375 g/mol. The van der Waals surface area contributed by atoms with Crippen molar-refractivity contribution < 1.29 is 18.7 Å². The molecule has 1 fully saturated rings. The van der Waals surface area contributed by atoms with Crippen LogP contribution in [-0.2, 0) is 9.53 Å². The Labute approximate surface area is 158 Å². The molecule has 146 valence electrons. The maximum absolute atomic E-state index is 13.7. The van der Waals surface area contributed by atoms with E-state index in [4.69, 9.17) is 4.74 Å². The molecule has 2 atom stereocenters. The number of carbonyl (C=O) groups is 2. The van der Waals surface area contributed by atoms with Gasteiger partial charge < -0.3 is 19.9 Å². The van der Waals surface area contributed by atoms with Crippen molar-refractivity contribution in [1.29, 1.82) is 0 Å². The first-order valence-electron chi connectivity index (χ1n) is 9.29. The number of carbonyl (C=O) groups excluding carboxylic acids is 2. The number of fused-ring (bicyclic) bond motifs is 1. The second-order valence-electron chi connectivity index (χ2n) is 7.56. The smallest absolute Gasteiger partial charge is 0.356 e. The Kier molecular flexibility index (Phi) is 5.79. The molecule has 1 aliphatic heterocycles. The van der Waals surface area contributed by atoms with Gasteiger partial charge in [0.25, 0.3) is 0 Å². The van der Waals surface area contributed by atoms with Crippen molar-refractivity contribution in [2.45, 2.75) is 26.7 Å². The predicted molar refractivity (Wildman–Crippen MR) is 102 cm³/mol. The zero-order valence-corrected chi connectivity index (χ0v) is 16.0. The molecule has 2 N–H and O–H groups in total. The van der Waals surface area contributed by atoms with Gasteiger partial charge in [-0.05, 0) is 36.5 Å². The SMILES string of the molecule is COC(=O)c1[nH]c2ccc(F)cc2c1NC(=O)CCN1CC(C)CC(C)C1. The van der Waals surface area contributed by atoms with Crippen molar-refractivity contribution in [3.05, 3.63) is 29.7 Å². The molecule has 3 rings (SSSR count). The van der Waals surface area contributed by atoms with Gasteiger partial charge in [0, 0.05) is 37.0 Å². The standard InChI is InChI=1S/C20H26FN3O3/c1-12-8-13(2)11-24(10-12)7-6-17(25)23-18-15-9-14(21)4-5-16(15)22-19(18)20(26)27-3/h4-5,9,12-13,22H,6-8,10-11H2,1-3H3,(H,23,25). The molecule has 7 heteroatoms. The number of nitrogens with one attached hydrogen (secondary N) is 2. The zero-order chi connectivity index (χ0) is 19.6. The molecule has 0 saturated carbocycles. The Hall–Kier alpha value is -2.41. The number of H-pyrrole nitrogens is 1. The lowest BCUT2D eigenvalue weighted by Gasteiger charge is -2.34. The summed E-state index contributed by atoms with van der Waals surface area (Å²) in [4.78, 5) is 29.7. The van der Waals surface area contributed by atoms with E-state index in [0.29, 0.717) is 35.7 Å². The Morgan fingerprint density at radius 1 is 1.30 bits per heavy atom. The van der Waals surface area contributed by atoms with E-state index < -0.39 is 11.8 Å². The van der Waals surface area contributed by atoms with E-state index in [1.54, 1.807) is 0 Å². The van der Waals surface area contributed by atoms with E-state index in [0.717, 1.165) is 13.1 Å². The summed E-state index contributed by atoms with van der Waals surface area (Å²) in [5.74, 6) is -0.0137. The van der Waals surface area contributed by atoms with Gasteiger partial charge in [0.2, 0.25) is 5.91 Å². The van der Waals surface area contributed by atoms with Gasteiger partial charge in [0.1, 0.15) is 11.5 Å². The molecule has 1 aliphatic rings. The van der Waals surface area contributed by atoms with Gasteiger partial charge in [-0.1, -0.05) is 13.8 Å². The van der Waals surface area contributed by atoms with Crippen LogP contribution in [0.1, 0.15) is 37.2 Å². The molecule has 1 saturated heterocycles. The van der Waals surface area contributed by atoms with Crippen molar-refractivity contribution in [3.8, 4) is 0 Å². The van der Waals surface area contributed by atoms with E-state index in [1.807, 2.05) is 0 Å². The Morgan fingerprint density at radius 2 is 2.00 bits per heavy atom. The Morgan fingerprint density at radius 3 is 2.67 bits per heavy atom. The molecule has 2 unspecified atom stereocenters. The normalized spacial score (nSPS) is 20.6. The number of methoxy groups -OCH3 is 1. The summed E-state index contributed by atoms with van der Waals surface area (Å²) in [5.41, 5.74) is 0.944. The Balaban J connectivity index is 1.74. The van der Waals surface area contributed by atoms with E-state index in [1.165, 1.54) is 31.7 Å². The second kappa shape index (κ2) is 8.08. The van der Waals surface area contributed by atoms with Crippen molar-refractivity contribution in [2.75, 3.05) is 32.1 Å². The number of halogens is 1. The van der Waals surface area contributed by atoms with Crippen LogP contribution in [0.5, 0.6) is 0 Å². The Bertz CT molecular complexity index is 838. The fraction of sp³-hybridized carbons (Fsp3) is 0.500. The molecule has 2 aromatic rings. The number of rotatable bonds is 5. The summed E-state index contributed by atoms with van der Waals surface area (Å²) in [6, 6.07) is 4.12. The summed E-state index contributed by atoms with van der Waals surface area (Å²) in [6.45, 7) is 7.09. The van der Waals surface area contributed by atoms with Gasteiger partial charge in [-0.3, -0.25) is 4.79 Å². The summed E-state index contributed by atoms with van der Waals surface area (Å²) in [6.07, 6.45) is 1.52. The number of nitrogens with zero attached hydrogens (tertiary/aromatic N) is 1. The van der Waals surface area contributed by atoms with Gasteiger partial charge in [-0.25, -0.2) is 9.18 Å². The molecule has 2 heterocycles. The van der Waals surface area contributed by atoms with Crippen LogP contribution in [-0.4, -0.2) is 48.5 Å². The number of benzene rings is 1. The highest BCUT2D eigenvalue weighted by atomic mass is 19.1. The lowest BCUT2D eigenvalue weighted by Crippen LogP contribution is -2.40. The predicted octanol–water partition coefficient (Wildman–Crippen LogP) is 3.40. The van der Waals surface area contributed by atoms with Crippen LogP contribution < -0.4 is 5.32 Å². The van der Waals surface area contributed by atoms with E-state index in [2.05, 4.69) is 29.0 Å². The van der Waals surface area contributed by atoms with Crippen molar-refractivity contribution in [2.24, 2.45) is 11.8 Å². The average molecular weight is 375 g/mol. The van der Waals surface area contributed by atoms with Crippen LogP contribution in [0, 0.1) is 17.7 Å². The molecule has 0 radical (unpaired) electrons. The first kappa shape index (κ1) is 19.4. The summed E-state index contributed by atoms with van der Waals surface area (Å²) >= 11 is 0. The quantitative estimate of drug-likeness (QED) is 0.786. The van der Waals surface area contributed by atoms with Crippen LogP contribution in [0.3, 0.4) is 0 Å². The lowest BCUT2D eigenvalue weighted by atomic mass is 9.92. The molecule has 27 heavy (non-hydrogen) atoms. The molecule has 0 spiro atoms. The number of amides is 1. The first-order chi connectivity index (χ1) is 12.9. The number of hydrogen-bond donors (Lipinski definition) is 2. The highest BCUT2D eigenvalue weighted by Gasteiger charge is 2.23. The molecule has 0 aliphatic carbocycles. The number of piperidine rings is 1. The lowest BCUT2D eigenvalue weighted by molar-refractivity contribution is -0.116. The topological polar surface area (TPSA) is 74.4 Å². The van der Waals surface area contributed by atoms with Crippen molar-refractivity contribution in [3.63, 3.8) is 0 Å². The van der Waals surface area contributed by atoms with Crippen LogP contribution in [0.2, 0.25) is 0 Å². The van der Waals surface area contributed by atoms with Crippen molar-refractivity contribution >= 4 is 28.5 Å². The van der Waals surface area contributed by atoms with Gasteiger partial charge in [-0.15, -0.1) is 0 Å². The van der Waals surface area contributed by atoms with Crippen LogP contribution >= 0.6 is 0 Å². The number of aromatic nitrogens is 1. The molecule has 6 nitrogen and oxygen atoms in total. The molecule has 1 aromatic heterocycles. The molecule has 1 amide bonds. The van der Waals surface area contributed by atoms with Crippen LogP contribution in [0.25, 0.3) is 10.9 Å². The summed E-state index contributed by atoms with van der Waals surface area (Å²) in [5, 5.41) is 3.22. The van der Waals surface area contributed by atoms with Crippen LogP contribution in [0.15, 0.2) is 18.2 Å². The van der Waals surface area contributed by atoms with Crippen LogP contribution in [0.4, 0.5) is 10.1 Å². The fourth-order valence-corrected chi connectivity index (χ4v) is 3.99. The molecule has 0 bridgehead atoms. The zero-order valence-electron chi connectivity index (χ0n) is 16.0. The van der Waals surface area contributed by atoms with E-state index in [9.17, 15) is 14.0 Å². The van der Waals surface area contributed by atoms with E-state index >= 15 is 0 Å². The number of likely N-dealkylation sites (tertiary alicyclic amines) is 1. The maximum atomic E-state index is 13.7. The van der Waals surface area contributed by atoms with Gasteiger partial charge >= 0.3 is 5.97 Å².